The number of hydrogen-bond donors (Lipinski definition) is 1. The van der Waals surface area contributed by atoms with E-state index in [0.717, 1.165) is 21.8 Å². The molecule has 0 aliphatic carbocycles. The van der Waals surface area contributed by atoms with Gasteiger partial charge in [-0.3, -0.25) is 14.9 Å². The third-order valence-corrected chi connectivity index (χ3v) is 5.62. The molecule has 1 aliphatic heterocycles. The highest BCUT2D eigenvalue weighted by molar-refractivity contribution is 6.46. The number of carbonyl (C=O) groups is 3. The summed E-state index contributed by atoms with van der Waals surface area (Å²) in [6.45, 7) is 5.88. The molecule has 6 nitrogen and oxygen atoms in total. The van der Waals surface area contributed by atoms with Crippen molar-refractivity contribution in [2.45, 2.75) is 26.7 Å². The second-order valence-corrected chi connectivity index (χ2v) is 7.92. The summed E-state index contributed by atoms with van der Waals surface area (Å²) < 4.78 is 5.44. The minimum absolute atomic E-state index is 0.0408. The molecule has 2 aromatic rings. The van der Waals surface area contributed by atoms with Crippen molar-refractivity contribution in [3.8, 4) is 5.75 Å². The lowest BCUT2D eigenvalue weighted by molar-refractivity contribution is -0.122. The first-order valence-electron chi connectivity index (χ1n) is 9.19. The summed E-state index contributed by atoms with van der Waals surface area (Å²) in [6.07, 6.45) is 1.47. The van der Waals surface area contributed by atoms with Crippen LogP contribution in [0.3, 0.4) is 0 Å². The van der Waals surface area contributed by atoms with Crippen molar-refractivity contribution in [1.29, 1.82) is 0 Å². The van der Waals surface area contributed by atoms with Gasteiger partial charge in [0.05, 0.1) is 22.8 Å². The Hall–Kier alpha value is -2.83. The molecule has 3 rings (SSSR count). The van der Waals surface area contributed by atoms with Gasteiger partial charge in [0, 0.05) is 0 Å². The summed E-state index contributed by atoms with van der Waals surface area (Å²) in [5.74, 6) is -0.668. The van der Waals surface area contributed by atoms with Crippen LogP contribution >= 0.6 is 23.2 Å². The molecular weight excluding hydrogens is 427 g/mol. The van der Waals surface area contributed by atoms with Gasteiger partial charge in [-0.05, 0) is 59.9 Å². The van der Waals surface area contributed by atoms with Crippen molar-refractivity contribution >= 4 is 52.8 Å². The first-order valence-corrected chi connectivity index (χ1v) is 9.95. The minimum atomic E-state index is -0.888. The van der Waals surface area contributed by atoms with Crippen LogP contribution in [0.4, 0.5) is 10.5 Å². The lowest BCUT2D eigenvalue weighted by Gasteiger charge is -2.27. The lowest BCUT2D eigenvalue weighted by Crippen LogP contribution is -2.54. The van der Waals surface area contributed by atoms with Gasteiger partial charge in [0.1, 0.15) is 11.3 Å². The van der Waals surface area contributed by atoms with Crippen LogP contribution in [-0.2, 0) is 9.59 Å². The zero-order chi connectivity index (χ0) is 22.2. The summed E-state index contributed by atoms with van der Waals surface area (Å²) in [5.41, 5.74) is 2.33. The number of halogens is 2. The standard InChI is InChI=1S/C22H20Cl2N2O4/c1-11(2)14-9-13(12(3)8-18(14)30-4)10-15-20(27)25-22(29)26(21(15)28)17-7-5-6-16(23)19(17)24/h5-11H,1-4H3,(H,25,27,29)/b15-10+. The number of benzene rings is 2. The summed E-state index contributed by atoms with van der Waals surface area (Å²) >= 11 is 12.2. The molecule has 8 heteroatoms. The number of aryl methyl sites for hydroxylation is 1. The van der Waals surface area contributed by atoms with E-state index >= 15 is 0 Å². The van der Waals surface area contributed by atoms with E-state index in [1.54, 1.807) is 13.2 Å². The topological polar surface area (TPSA) is 75.7 Å². The van der Waals surface area contributed by atoms with Gasteiger partial charge >= 0.3 is 6.03 Å². The number of urea groups is 1. The first-order chi connectivity index (χ1) is 14.1. The van der Waals surface area contributed by atoms with E-state index in [9.17, 15) is 14.4 Å². The maximum atomic E-state index is 13.1. The van der Waals surface area contributed by atoms with Crippen molar-refractivity contribution in [2.24, 2.45) is 0 Å². The van der Waals surface area contributed by atoms with E-state index in [1.807, 2.05) is 32.9 Å². The van der Waals surface area contributed by atoms with Crippen LogP contribution in [0.15, 0.2) is 35.9 Å². The van der Waals surface area contributed by atoms with Crippen LogP contribution in [-0.4, -0.2) is 25.0 Å². The predicted molar refractivity (Wildman–Crippen MR) is 117 cm³/mol. The fraction of sp³-hybridized carbons (Fsp3) is 0.227. The maximum Gasteiger partial charge on any atom is 0.336 e. The summed E-state index contributed by atoms with van der Waals surface area (Å²) in [6, 6.07) is 7.42. The van der Waals surface area contributed by atoms with Crippen LogP contribution < -0.4 is 15.0 Å². The molecule has 1 aliphatic rings. The molecule has 1 fully saturated rings. The highest BCUT2D eigenvalue weighted by Crippen LogP contribution is 2.35. The Morgan fingerprint density at radius 2 is 1.83 bits per heavy atom. The highest BCUT2D eigenvalue weighted by Gasteiger charge is 2.38. The molecule has 0 saturated carbocycles. The minimum Gasteiger partial charge on any atom is -0.496 e. The zero-order valence-corrected chi connectivity index (χ0v) is 18.4. The molecule has 1 N–H and O–H groups in total. The predicted octanol–water partition coefficient (Wildman–Crippen LogP) is 5.10. The first kappa shape index (κ1) is 21.9. The molecule has 0 atom stereocenters. The van der Waals surface area contributed by atoms with Crippen molar-refractivity contribution < 1.29 is 19.1 Å². The summed E-state index contributed by atoms with van der Waals surface area (Å²) in [4.78, 5) is 38.8. The number of nitrogens with zero attached hydrogens (tertiary/aromatic N) is 1. The lowest BCUT2D eigenvalue weighted by atomic mass is 9.95. The van der Waals surface area contributed by atoms with Crippen LogP contribution in [0, 0.1) is 6.92 Å². The Balaban J connectivity index is 2.12. The normalized spacial score (nSPS) is 15.8. The van der Waals surface area contributed by atoms with Crippen LogP contribution in [0.1, 0.15) is 36.5 Å². The van der Waals surface area contributed by atoms with Gasteiger partial charge in [-0.1, -0.05) is 43.1 Å². The number of carbonyl (C=O) groups excluding carboxylic acids is 3. The van der Waals surface area contributed by atoms with Gasteiger partial charge in [0.25, 0.3) is 11.8 Å². The average Bonchev–Trinajstić information content (AvgIpc) is 2.68. The zero-order valence-electron chi connectivity index (χ0n) is 16.9. The Bertz CT molecular complexity index is 1090. The van der Waals surface area contributed by atoms with E-state index in [4.69, 9.17) is 27.9 Å². The highest BCUT2D eigenvalue weighted by atomic mass is 35.5. The van der Waals surface area contributed by atoms with E-state index < -0.39 is 17.8 Å². The molecule has 156 valence electrons. The molecule has 2 aromatic carbocycles. The van der Waals surface area contributed by atoms with Crippen molar-refractivity contribution in [2.75, 3.05) is 12.0 Å². The molecule has 1 saturated heterocycles. The Morgan fingerprint density at radius 3 is 2.47 bits per heavy atom. The van der Waals surface area contributed by atoms with Gasteiger partial charge in [-0.2, -0.15) is 0 Å². The van der Waals surface area contributed by atoms with Gasteiger partial charge in [0.15, 0.2) is 0 Å². The largest absolute Gasteiger partial charge is 0.496 e. The molecule has 0 spiro atoms. The summed E-state index contributed by atoms with van der Waals surface area (Å²) in [7, 11) is 1.59. The molecule has 0 unspecified atom stereocenters. The third kappa shape index (κ3) is 3.93. The van der Waals surface area contributed by atoms with Crippen molar-refractivity contribution in [3.05, 3.63) is 62.6 Å². The molecule has 1 heterocycles. The smallest absolute Gasteiger partial charge is 0.336 e. The Labute approximate surface area is 184 Å². The van der Waals surface area contributed by atoms with E-state index in [0.29, 0.717) is 5.56 Å². The van der Waals surface area contributed by atoms with Crippen molar-refractivity contribution in [1.82, 2.24) is 5.32 Å². The van der Waals surface area contributed by atoms with Crippen LogP contribution in [0.5, 0.6) is 5.75 Å². The summed E-state index contributed by atoms with van der Waals surface area (Å²) in [5, 5.41) is 2.41. The molecule has 4 amide bonds. The quantitative estimate of drug-likeness (QED) is 0.523. The molecule has 0 bridgehead atoms. The third-order valence-electron chi connectivity index (χ3n) is 4.81. The Kier molecular flexibility index (Phi) is 6.19. The number of imide groups is 2. The molecule has 30 heavy (non-hydrogen) atoms. The van der Waals surface area contributed by atoms with Gasteiger partial charge in [-0.25, -0.2) is 9.69 Å². The number of nitrogens with one attached hydrogen (secondary N) is 1. The number of methoxy groups -OCH3 is 1. The van der Waals surface area contributed by atoms with Crippen molar-refractivity contribution in [3.63, 3.8) is 0 Å². The fourth-order valence-corrected chi connectivity index (χ4v) is 3.58. The number of ether oxygens (including phenoxy) is 1. The second-order valence-electron chi connectivity index (χ2n) is 7.14. The van der Waals surface area contributed by atoms with Crippen LogP contribution in [0.25, 0.3) is 6.08 Å². The van der Waals surface area contributed by atoms with Gasteiger partial charge in [0.2, 0.25) is 0 Å². The van der Waals surface area contributed by atoms with Gasteiger partial charge in [-0.15, -0.1) is 0 Å². The number of amides is 4. The fourth-order valence-electron chi connectivity index (χ4n) is 3.20. The number of barbiturate groups is 1. The maximum absolute atomic E-state index is 13.1. The molecule has 0 aromatic heterocycles. The average molecular weight is 447 g/mol. The molecule has 0 radical (unpaired) electrons. The SMILES string of the molecule is COc1cc(C)c(/C=C2\C(=O)NC(=O)N(c3cccc(Cl)c3Cl)C2=O)cc1C(C)C. The number of rotatable bonds is 4. The van der Waals surface area contributed by atoms with E-state index in [-0.39, 0.29) is 27.2 Å². The number of hydrogen-bond acceptors (Lipinski definition) is 4. The Morgan fingerprint density at radius 1 is 1.13 bits per heavy atom. The second kappa shape index (κ2) is 8.50. The molecular formula is C22H20Cl2N2O4. The van der Waals surface area contributed by atoms with Gasteiger partial charge < -0.3 is 4.74 Å². The van der Waals surface area contributed by atoms with Crippen LogP contribution in [0.2, 0.25) is 10.0 Å². The number of anilines is 1. The van der Waals surface area contributed by atoms with E-state index in [2.05, 4.69) is 5.32 Å². The van der Waals surface area contributed by atoms with E-state index in [1.165, 1.54) is 18.2 Å². The monoisotopic (exact) mass is 446 g/mol.